The second kappa shape index (κ2) is 10.2. The van der Waals surface area contributed by atoms with Gasteiger partial charge in [-0.15, -0.1) is 24.0 Å². The fourth-order valence-electron chi connectivity index (χ4n) is 2.75. The van der Waals surface area contributed by atoms with Crippen molar-refractivity contribution in [3.8, 4) is 11.3 Å². The van der Waals surface area contributed by atoms with Crippen LogP contribution in [0.2, 0.25) is 0 Å². The van der Waals surface area contributed by atoms with Crippen molar-refractivity contribution < 1.29 is 4.39 Å². The van der Waals surface area contributed by atoms with Crippen molar-refractivity contribution in [1.29, 1.82) is 0 Å². The van der Waals surface area contributed by atoms with E-state index in [1.807, 2.05) is 49.5 Å². The molecule has 3 rings (SSSR count). The predicted octanol–water partition coefficient (Wildman–Crippen LogP) is 4.57. The van der Waals surface area contributed by atoms with Gasteiger partial charge in [0.15, 0.2) is 5.96 Å². The van der Waals surface area contributed by atoms with E-state index in [0.717, 1.165) is 22.6 Å². The fraction of sp³-hybridized carbons (Fsp3) is 0.238. The average molecular weight is 493 g/mol. The Morgan fingerprint density at radius 2 is 1.96 bits per heavy atom. The van der Waals surface area contributed by atoms with Crippen molar-refractivity contribution in [2.24, 2.45) is 4.99 Å². The molecule has 0 bridgehead atoms. The lowest BCUT2D eigenvalue weighted by molar-refractivity contribution is 0.607. The Morgan fingerprint density at radius 3 is 2.64 bits per heavy atom. The van der Waals surface area contributed by atoms with Gasteiger partial charge in [0.25, 0.3) is 0 Å². The summed E-state index contributed by atoms with van der Waals surface area (Å²) in [5, 5.41) is 6.50. The smallest absolute Gasteiger partial charge is 0.191 e. The summed E-state index contributed by atoms with van der Waals surface area (Å²) in [4.78, 5) is 11.9. The van der Waals surface area contributed by atoms with Crippen LogP contribution in [0.25, 0.3) is 11.3 Å². The third-order valence-corrected chi connectivity index (χ3v) is 4.41. The molecular formula is C21H25FIN5. The molecular weight excluding hydrogens is 468 g/mol. The van der Waals surface area contributed by atoms with Crippen LogP contribution >= 0.6 is 24.0 Å². The first-order chi connectivity index (χ1) is 13.1. The van der Waals surface area contributed by atoms with Gasteiger partial charge in [-0.2, -0.15) is 0 Å². The van der Waals surface area contributed by atoms with E-state index in [4.69, 9.17) is 0 Å². The zero-order valence-corrected chi connectivity index (χ0v) is 18.5. The molecule has 148 valence electrons. The molecule has 3 N–H and O–H groups in total. The van der Waals surface area contributed by atoms with Gasteiger partial charge in [-0.3, -0.25) is 4.99 Å². The Morgan fingerprint density at radius 1 is 1.21 bits per heavy atom. The molecule has 0 radical (unpaired) electrons. The minimum Gasteiger partial charge on any atom is -0.350 e. The lowest BCUT2D eigenvalue weighted by Gasteiger charge is -2.18. The van der Waals surface area contributed by atoms with Gasteiger partial charge in [0, 0.05) is 7.05 Å². The number of nitrogens with one attached hydrogen (secondary N) is 3. The summed E-state index contributed by atoms with van der Waals surface area (Å²) in [6.07, 6.45) is 1.82. The molecule has 0 aliphatic rings. The number of aliphatic imine (C=N–C) groups is 1. The lowest BCUT2D eigenvalue weighted by Crippen LogP contribution is -2.38. The van der Waals surface area contributed by atoms with E-state index in [1.165, 1.54) is 0 Å². The summed E-state index contributed by atoms with van der Waals surface area (Å²) in [7, 11) is 1.70. The van der Waals surface area contributed by atoms with E-state index in [0.29, 0.717) is 18.1 Å². The highest BCUT2D eigenvalue weighted by molar-refractivity contribution is 14.0. The molecule has 1 heterocycles. The first kappa shape index (κ1) is 21.9. The Balaban J connectivity index is 0.00000280. The molecule has 0 fully saturated rings. The van der Waals surface area contributed by atoms with Crippen LogP contribution < -0.4 is 10.6 Å². The number of hydrogen-bond acceptors (Lipinski definition) is 2. The number of aromatic amines is 1. The molecule has 0 aliphatic carbocycles. The van der Waals surface area contributed by atoms with Gasteiger partial charge in [0.1, 0.15) is 11.6 Å². The number of halogens is 2. The molecule has 0 aliphatic heterocycles. The molecule has 1 unspecified atom stereocenters. The summed E-state index contributed by atoms with van der Waals surface area (Å²) in [6.45, 7) is 4.23. The maximum absolute atomic E-state index is 13.8. The van der Waals surface area contributed by atoms with E-state index in [-0.39, 0.29) is 35.8 Å². The van der Waals surface area contributed by atoms with Crippen LogP contribution in [-0.2, 0) is 6.54 Å². The first-order valence-corrected chi connectivity index (χ1v) is 8.89. The van der Waals surface area contributed by atoms with Crippen LogP contribution in [0.15, 0.2) is 59.7 Å². The Bertz CT molecular complexity index is 924. The largest absolute Gasteiger partial charge is 0.350 e. The van der Waals surface area contributed by atoms with Crippen molar-refractivity contribution in [2.75, 3.05) is 7.05 Å². The van der Waals surface area contributed by atoms with Gasteiger partial charge in [-0.05, 0) is 36.6 Å². The fourth-order valence-corrected chi connectivity index (χ4v) is 2.75. The molecule has 3 aromatic rings. The monoisotopic (exact) mass is 493 g/mol. The standard InChI is InChI=1S/C21H24FN5.HI/c1-14-9-10-17(11-18(14)22)15(2)26-21(23-3)25-13-20-24-12-19(27-20)16-7-5-4-6-8-16;/h4-12,15H,13H2,1-3H3,(H,24,27)(H2,23,25,26);1H. The normalized spacial score (nSPS) is 12.2. The van der Waals surface area contributed by atoms with Crippen molar-refractivity contribution >= 4 is 29.9 Å². The van der Waals surface area contributed by atoms with Crippen LogP contribution in [0, 0.1) is 12.7 Å². The second-order valence-corrected chi connectivity index (χ2v) is 6.41. The second-order valence-electron chi connectivity index (χ2n) is 6.41. The molecule has 0 amide bonds. The zero-order valence-electron chi connectivity index (χ0n) is 16.2. The molecule has 5 nitrogen and oxygen atoms in total. The van der Waals surface area contributed by atoms with Crippen LogP contribution in [0.1, 0.15) is 29.9 Å². The SMILES string of the molecule is CN=C(NCc1ncc(-c2ccccc2)[nH]1)NC(C)c1ccc(C)c(F)c1.I. The molecule has 0 saturated heterocycles. The average Bonchev–Trinajstić information content (AvgIpc) is 3.17. The molecule has 7 heteroatoms. The summed E-state index contributed by atoms with van der Waals surface area (Å²) in [5.74, 6) is 1.24. The summed E-state index contributed by atoms with van der Waals surface area (Å²) in [6, 6.07) is 15.2. The van der Waals surface area contributed by atoms with Gasteiger partial charge >= 0.3 is 0 Å². The van der Waals surface area contributed by atoms with Crippen molar-refractivity contribution in [2.45, 2.75) is 26.4 Å². The predicted molar refractivity (Wildman–Crippen MR) is 122 cm³/mol. The first-order valence-electron chi connectivity index (χ1n) is 8.89. The molecule has 0 saturated carbocycles. The van der Waals surface area contributed by atoms with Gasteiger partial charge in [0.2, 0.25) is 0 Å². The lowest BCUT2D eigenvalue weighted by atomic mass is 10.1. The van der Waals surface area contributed by atoms with Crippen LogP contribution in [0.5, 0.6) is 0 Å². The number of rotatable bonds is 5. The van der Waals surface area contributed by atoms with Crippen LogP contribution in [0.4, 0.5) is 4.39 Å². The number of aromatic nitrogens is 2. The van der Waals surface area contributed by atoms with Crippen molar-refractivity contribution in [3.05, 3.63) is 77.5 Å². The number of nitrogens with zero attached hydrogens (tertiary/aromatic N) is 2. The van der Waals surface area contributed by atoms with Gasteiger partial charge in [-0.1, -0.05) is 42.5 Å². The number of H-pyrrole nitrogens is 1. The number of imidazole rings is 1. The highest BCUT2D eigenvalue weighted by atomic mass is 127. The van der Waals surface area contributed by atoms with Crippen LogP contribution in [-0.4, -0.2) is 23.0 Å². The highest BCUT2D eigenvalue weighted by Crippen LogP contribution is 2.17. The van der Waals surface area contributed by atoms with Crippen molar-refractivity contribution in [3.63, 3.8) is 0 Å². The van der Waals surface area contributed by atoms with Gasteiger partial charge in [-0.25, -0.2) is 9.37 Å². The topological polar surface area (TPSA) is 65.1 Å². The van der Waals surface area contributed by atoms with Crippen LogP contribution in [0.3, 0.4) is 0 Å². The zero-order chi connectivity index (χ0) is 19.2. The molecule has 1 aromatic heterocycles. The number of hydrogen-bond donors (Lipinski definition) is 3. The third-order valence-electron chi connectivity index (χ3n) is 4.41. The molecule has 1 atom stereocenters. The summed E-state index contributed by atoms with van der Waals surface area (Å²) in [5.41, 5.74) is 3.57. The molecule has 0 spiro atoms. The minimum absolute atomic E-state index is 0. The quantitative estimate of drug-likeness (QED) is 0.277. The number of aryl methyl sites for hydroxylation is 1. The maximum Gasteiger partial charge on any atom is 0.191 e. The van der Waals surface area contributed by atoms with E-state index >= 15 is 0 Å². The third kappa shape index (κ3) is 5.54. The number of guanidine groups is 1. The Hall–Kier alpha value is -2.42. The highest BCUT2D eigenvalue weighted by Gasteiger charge is 2.10. The van der Waals surface area contributed by atoms with E-state index in [9.17, 15) is 4.39 Å². The molecule has 28 heavy (non-hydrogen) atoms. The van der Waals surface area contributed by atoms with E-state index < -0.39 is 0 Å². The van der Waals surface area contributed by atoms with E-state index in [1.54, 1.807) is 26.1 Å². The van der Waals surface area contributed by atoms with E-state index in [2.05, 4.69) is 25.6 Å². The number of benzene rings is 2. The Labute approximate surface area is 181 Å². The summed E-state index contributed by atoms with van der Waals surface area (Å²) < 4.78 is 13.8. The minimum atomic E-state index is -0.201. The van der Waals surface area contributed by atoms with Gasteiger partial charge < -0.3 is 15.6 Å². The van der Waals surface area contributed by atoms with Gasteiger partial charge in [0.05, 0.1) is 24.5 Å². The Kier molecular flexibility index (Phi) is 7.98. The summed E-state index contributed by atoms with van der Waals surface area (Å²) >= 11 is 0. The maximum atomic E-state index is 13.8. The van der Waals surface area contributed by atoms with Crippen molar-refractivity contribution in [1.82, 2.24) is 20.6 Å². The molecule has 2 aromatic carbocycles.